The van der Waals surface area contributed by atoms with Gasteiger partial charge in [-0.15, -0.1) is 0 Å². The molecule has 1 unspecified atom stereocenters. The molecule has 0 spiro atoms. The van der Waals surface area contributed by atoms with Crippen molar-refractivity contribution in [1.82, 2.24) is 0 Å². The van der Waals surface area contributed by atoms with Crippen molar-refractivity contribution in [3.05, 3.63) is 30.3 Å². The van der Waals surface area contributed by atoms with Gasteiger partial charge in [0, 0.05) is 12.0 Å². The highest BCUT2D eigenvalue weighted by Crippen LogP contribution is 2.50. The zero-order valence-corrected chi connectivity index (χ0v) is 14.0. The van der Waals surface area contributed by atoms with Crippen LogP contribution in [0.25, 0.3) is 0 Å². The lowest BCUT2D eigenvalue weighted by Crippen LogP contribution is -2.35. The van der Waals surface area contributed by atoms with Crippen molar-refractivity contribution in [1.29, 1.82) is 0 Å². The van der Waals surface area contributed by atoms with Crippen molar-refractivity contribution in [2.75, 3.05) is 6.66 Å². The summed E-state index contributed by atoms with van der Waals surface area (Å²) < 4.78 is 19.0. The molecule has 1 fully saturated rings. The van der Waals surface area contributed by atoms with Crippen molar-refractivity contribution < 1.29 is 9.09 Å². The van der Waals surface area contributed by atoms with Gasteiger partial charge in [-0.3, -0.25) is 4.57 Å². The Labute approximate surface area is 123 Å². The lowest BCUT2D eigenvalue weighted by atomic mass is 9.75. The summed E-state index contributed by atoms with van der Waals surface area (Å²) in [4.78, 5) is 0. The second-order valence-corrected chi connectivity index (χ2v) is 9.19. The first-order valence-electron chi connectivity index (χ1n) is 7.66. The van der Waals surface area contributed by atoms with E-state index in [0.717, 1.165) is 30.0 Å². The van der Waals surface area contributed by atoms with E-state index in [1.807, 2.05) is 30.3 Å². The van der Waals surface area contributed by atoms with Gasteiger partial charge in [-0.2, -0.15) is 0 Å². The molecule has 20 heavy (non-hydrogen) atoms. The Balaban J connectivity index is 2.05. The molecule has 2 rings (SSSR count). The molecule has 0 aliphatic heterocycles. The van der Waals surface area contributed by atoms with Crippen molar-refractivity contribution in [3.63, 3.8) is 0 Å². The highest BCUT2D eigenvalue weighted by Gasteiger charge is 2.37. The zero-order chi connectivity index (χ0) is 14.8. The Kier molecular flexibility index (Phi) is 4.76. The summed E-state index contributed by atoms with van der Waals surface area (Å²) in [6.45, 7) is 8.47. The van der Waals surface area contributed by atoms with E-state index in [1.54, 1.807) is 6.66 Å². The van der Waals surface area contributed by atoms with E-state index in [-0.39, 0.29) is 5.60 Å². The fourth-order valence-electron chi connectivity index (χ4n) is 3.18. The van der Waals surface area contributed by atoms with Crippen LogP contribution in [0.1, 0.15) is 46.5 Å². The van der Waals surface area contributed by atoms with E-state index in [9.17, 15) is 4.57 Å². The third kappa shape index (κ3) is 3.74. The summed E-state index contributed by atoms with van der Waals surface area (Å²) in [5, 5.41) is 0.826. The molecule has 0 bridgehead atoms. The van der Waals surface area contributed by atoms with E-state index in [4.69, 9.17) is 4.52 Å². The fraction of sp³-hybridized carbons (Fsp3) is 0.647. The molecule has 0 amide bonds. The van der Waals surface area contributed by atoms with Crippen LogP contribution in [0.3, 0.4) is 0 Å². The van der Waals surface area contributed by atoms with Gasteiger partial charge in [-0.25, -0.2) is 0 Å². The highest BCUT2D eigenvalue weighted by atomic mass is 31.2. The number of hydrogen-bond acceptors (Lipinski definition) is 2. The predicted molar refractivity (Wildman–Crippen MR) is 85.9 cm³/mol. The lowest BCUT2D eigenvalue weighted by Gasteiger charge is -2.40. The molecular formula is C17H27O2P. The normalized spacial score (nSPS) is 30.1. The second-order valence-electron chi connectivity index (χ2n) is 6.80. The smallest absolute Gasteiger partial charge is 0.229 e. The van der Waals surface area contributed by atoms with Crippen LogP contribution < -0.4 is 5.30 Å². The SMILES string of the molecule is CC(C)C1CCC(C)(OP(C)(=O)c2ccccc2)CC1. The van der Waals surface area contributed by atoms with E-state index >= 15 is 0 Å². The Hall–Kier alpha value is -0.590. The summed E-state index contributed by atoms with van der Waals surface area (Å²) >= 11 is 0. The average molecular weight is 294 g/mol. The maximum atomic E-state index is 12.9. The summed E-state index contributed by atoms with van der Waals surface area (Å²) in [5.74, 6) is 1.53. The Morgan fingerprint density at radius 2 is 1.75 bits per heavy atom. The monoisotopic (exact) mass is 294 g/mol. The maximum Gasteiger partial charge on any atom is 0.229 e. The first-order valence-corrected chi connectivity index (χ1v) is 9.73. The molecule has 0 N–H and O–H groups in total. The molecule has 1 aliphatic rings. The van der Waals surface area contributed by atoms with Gasteiger partial charge in [-0.1, -0.05) is 32.0 Å². The molecule has 1 aromatic carbocycles. The maximum absolute atomic E-state index is 12.9. The van der Waals surface area contributed by atoms with Crippen molar-refractivity contribution in [2.24, 2.45) is 11.8 Å². The van der Waals surface area contributed by atoms with Gasteiger partial charge in [0.25, 0.3) is 0 Å². The molecule has 0 heterocycles. The number of rotatable bonds is 4. The third-order valence-corrected chi connectivity index (χ3v) is 6.68. The van der Waals surface area contributed by atoms with Gasteiger partial charge in [0.05, 0.1) is 5.60 Å². The summed E-state index contributed by atoms with van der Waals surface area (Å²) in [5.41, 5.74) is -0.231. The standard InChI is InChI=1S/C17H27O2P/c1-14(2)15-10-12-17(3,13-11-15)19-20(4,18)16-8-6-5-7-9-16/h5-9,14-15H,10-13H2,1-4H3. The summed E-state index contributed by atoms with van der Waals surface area (Å²) in [6.07, 6.45) is 4.40. The molecule has 1 aromatic rings. The van der Waals surface area contributed by atoms with Gasteiger partial charge >= 0.3 is 0 Å². The van der Waals surface area contributed by atoms with E-state index < -0.39 is 7.37 Å². The van der Waals surface area contributed by atoms with Crippen LogP contribution in [0.4, 0.5) is 0 Å². The second kappa shape index (κ2) is 6.03. The molecule has 2 nitrogen and oxygen atoms in total. The average Bonchev–Trinajstić information content (AvgIpc) is 2.39. The van der Waals surface area contributed by atoms with Gasteiger partial charge in [0.15, 0.2) is 0 Å². The van der Waals surface area contributed by atoms with Gasteiger partial charge in [0.2, 0.25) is 7.37 Å². The molecule has 3 heteroatoms. The van der Waals surface area contributed by atoms with E-state index in [0.29, 0.717) is 0 Å². The molecule has 0 saturated heterocycles. The molecule has 1 saturated carbocycles. The van der Waals surface area contributed by atoms with Crippen LogP contribution in [0.2, 0.25) is 0 Å². The van der Waals surface area contributed by atoms with Gasteiger partial charge in [-0.05, 0) is 56.6 Å². The van der Waals surface area contributed by atoms with Crippen LogP contribution in [-0.2, 0) is 9.09 Å². The number of hydrogen-bond donors (Lipinski definition) is 0. The van der Waals surface area contributed by atoms with Gasteiger partial charge < -0.3 is 4.52 Å². The lowest BCUT2D eigenvalue weighted by molar-refractivity contribution is 0.0303. The van der Waals surface area contributed by atoms with Crippen LogP contribution in [0.5, 0.6) is 0 Å². The first-order chi connectivity index (χ1) is 9.32. The van der Waals surface area contributed by atoms with Crippen molar-refractivity contribution in [3.8, 4) is 0 Å². The third-order valence-electron chi connectivity index (χ3n) is 4.65. The Bertz CT molecular complexity index is 473. The van der Waals surface area contributed by atoms with Crippen molar-refractivity contribution >= 4 is 12.7 Å². The minimum atomic E-state index is -2.72. The van der Waals surface area contributed by atoms with E-state index in [2.05, 4.69) is 20.8 Å². The molecule has 1 atom stereocenters. The van der Waals surface area contributed by atoms with Gasteiger partial charge in [0.1, 0.15) is 0 Å². The van der Waals surface area contributed by atoms with Crippen LogP contribution in [0, 0.1) is 11.8 Å². The minimum absolute atomic E-state index is 0.231. The zero-order valence-electron chi connectivity index (χ0n) is 13.1. The molecule has 0 radical (unpaired) electrons. The van der Waals surface area contributed by atoms with Crippen LogP contribution >= 0.6 is 7.37 Å². The molecule has 1 aliphatic carbocycles. The highest BCUT2D eigenvalue weighted by molar-refractivity contribution is 7.66. The predicted octanol–water partition coefficient (Wildman–Crippen LogP) is 4.84. The van der Waals surface area contributed by atoms with Crippen LogP contribution in [0.15, 0.2) is 30.3 Å². The van der Waals surface area contributed by atoms with Crippen molar-refractivity contribution in [2.45, 2.75) is 52.1 Å². The van der Waals surface area contributed by atoms with Crippen LogP contribution in [-0.4, -0.2) is 12.3 Å². The largest absolute Gasteiger partial charge is 0.319 e. The topological polar surface area (TPSA) is 26.3 Å². The fourth-order valence-corrected chi connectivity index (χ4v) is 5.02. The minimum Gasteiger partial charge on any atom is -0.319 e. The molecule has 0 aromatic heterocycles. The first kappa shape index (κ1) is 15.8. The molecular weight excluding hydrogens is 267 g/mol. The summed E-state index contributed by atoms with van der Waals surface area (Å²) in [6, 6.07) is 9.60. The quantitative estimate of drug-likeness (QED) is 0.743. The molecule has 112 valence electrons. The van der Waals surface area contributed by atoms with E-state index in [1.165, 1.54) is 12.8 Å². The Morgan fingerprint density at radius 1 is 1.20 bits per heavy atom. The Morgan fingerprint density at radius 3 is 2.25 bits per heavy atom. The summed E-state index contributed by atoms with van der Waals surface area (Å²) in [7, 11) is -2.72. The number of benzene rings is 1.